The quantitative estimate of drug-likeness (QED) is 0.928. The molecule has 0 saturated heterocycles. The Morgan fingerprint density at radius 3 is 2.65 bits per heavy atom. The molecule has 0 radical (unpaired) electrons. The van der Waals surface area contributed by atoms with Crippen molar-refractivity contribution >= 4 is 0 Å². The maximum Gasteiger partial charge on any atom is 0.126 e. The van der Waals surface area contributed by atoms with Crippen molar-refractivity contribution in [1.82, 2.24) is 0 Å². The third kappa shape index (κ3) is 1.98. The number of fused-ring (bicyclic) bond motifs is 1. The van der Waals surface area contributed by atoms with Gasteiger partial charge < -0.3 is 9.84 Å². The number of halogens is 1. The number of ether oxygens (including phenoxy) is 1. The van der Waals surface area contributed by atoms with E-state index in [2.05, 4.69) is 0 Å². The van der Waals surface area contributed by atoms with Gasteiger partial charge in [-0.15, -0.1) is 0 Å². The van der Waals surface area contributed by atoms with Gasteiger partial charge in [-0.1, -0.05) is 24.3 Å². The van der Waals surface area contributed by atoms with Gasteiger partial charge in [-0.05, 0) is 54.7 Å². The lowest BCUT2D eigenvalue weighted by atomic mass is 9.88. The Morgan fingerprint density at radius 1 is 1.20 bits per heavy atom. The molecular formula is C17H17FO2. The first-order chi connectivity index (χ1) is 9.65. The van der Waals surface area contributed by atoms with Gasteiger partial charge in [0.1, 0.15) is 17.2 Å². The Balaban J connectivity index is 2.01. The normalized spacial score (nSPS) is 20.8. The standard InChI is InChI=1S/C17H17FO2/c1-2-20-13-8-6-12(7-9-13)17(19)11-10-14-15(17)4-3-5-16(14)18/h3-9,19H,2,10-11H2,1H3. The molecule has 0 fully saturated rings. The van der Waals surface area contributed by atoms with Crippen LogP contribution in [0.1, 0.15) is 30.0 Å². The lowest BCUT2D eigenvalue weighted by Crippen LogP contribution is -2.23. The van der Waals surface area contributed by atoms with Crippen molar-refractivity contribution in [2.24, 2.45) is 0 Å². The van der Waals surface area contributed by atoms with Gasteiger partial charge in [0.25, 0.3) is 0 Å². The second kappa shape index (κ2) is 4.91. The maximum absolute atomic E-state index is 13.8. The molecule has 3 rings (SSSR count). The molecule has 0 spiro atoms. The van der Waals surface area contributed by atoms with Crippen molar-refractivity contribution < 1.29 is 14.2 Å². The minimum absolute atomic E-state index is 0.232. The third-order valence-electron chi connectivity index (χ3n) is 3.94. The van der Waals surface area contributed by atoms with E-state index in [1.807, 2.05) is 37.3 Å². The Labute approximate surface area is 117 Å². The first-order valence-electron chi connectivity index (χ1n) is 6.88. The summed E-state index contributed by atoms with van der Waals surface area (Å²) >= 11 is 0. The van der Waals surface area contributed by atoms with E-state index in [0.29, 0.717) is 30.6 Å². The summed E-state index contributed by atoms with van der Waals surface area (Å²) in [5, 5.41) is 11.0. The molecule has 1 N–H and O–H groups in total. The second-order valence-electron chi connectivity index (χ2n) is 5.08. The zero-order valence-corrected chi connectivity index (χ0v) is 11.4. The molecule has 0 amide bonds. The van der Waals surface area contributed by atoms with E-state index in [-0.39, 0.29) is 5.82 Å². The SMILES string of the molecule is CCOc1ccc(C2(O)CCc3c(F)cccc32)cc1. The highest BCUT2D eigenvalue weighted by molar-refractivity contribution is 5.46. The smallest absolute Gasteiger partial charge is 0.126 e. The zero-order chi connectivity index (χ0) is 14.2. The molecule has 2 aromatic rings. The van der Waals surface area contributed by atoms with Crippen LogP contribution in [0.3, 0.4) is 0 Å². The highest BCUT2D eigenvalue weighted by atomic mass is 19.1. The van der Waals surface area contributed by atoms with Crippen molar-refractivity contribution in [2.75, 3.05) is 6.61 Å². The fourth-order valence-corrected chi connectivity index (χ4v) is 2.93. The van der Waals surface area contributed by atoms with Crippen molar-refractivity contribution in [3.63, 3.8) is 0 Å². The lowest BCUT2D eigenvalue weighted by Gasteiger charge is -2.25. The molecule has 0 bridgehead atoms. The molecule has 104 valence electrons. The minimum Gasteiger partial charge on any atom is -0.494 e. The molecule has 1 unspecified atom stereocenters. The summed E-state index contributed by atoms with van der Waals surface area (Å²) in [5.41, 5.74) is 0.998. The summed E-state index contributed by atoms with van der Waals surface area (Å²) in [4.78, 5) is 0. The van der Waals surface area contributed by atoms with Gasteiger partial charge in [-0.2, -0.15) is 0 Å². The number of rotatable bonds is 3. The Bertz CT molecular complexity index is 621. The van der Waals surface area contributed by atoms with Gasteiger partial charge in [0, 0.05) is 0 Å². The second-order valence-corrected chi connectivity index (χ2v) is 5.08. The first kappa shape index (κ1) is 13.1. The first-order valence-corrected chi connectivity index (χ1v) is 6.88. The van der Waals surface area contributed by atoms with Gasteiger partial charge in [0.2, 0.25) is 0 Å². The summed E-state index contributed by atoms with van der Waals surface area (Å²) in [6, 6.07) is 12.3. The van der Waals surface area contributed by atoms with E-state index >= 15 is 0 Å². The molecule has 20 heavy (non-hydrogen) atoms. The van der Waals surface area contributed by atoms with Crippen molar-refractivity contribution in [1.29, 1.82) is 0 Å². The summed E-state index contributed by atoms with van der Waals surface area (Å²) < 4.78 is 19.2. The summed E-state index contributed by atoms with van der Waals surface area (Å²) in [7, 11) is 0. The molecule has 0 saturated carbocycles. The average molecular weight is 272 g/mol. The molecular weight excluding hydrogens is 255 g/mol. The van der Waals surface area contributed by atoms with Gasteiger partial charge in [-0.3, -0.25) is 0 Å². The molecule has 2 nitrogen and oxygen atoms in total. The molecule has 3 heteroatoms. The van der Waals surface area contributed by atoms with Crippen LogP contribution in [0.2, 0.25) is 0 Å². The molecule has 0 aliphatic heterocycles. The van der Waals surface area contributed by atoms with Crippen LogP contribution in [0.15, 0.2) is 42.5 Å². The van der Waals surface area contributed by atoms with Crippen molar-refractivity contribution in [2.45, 2.75) is 25.4 Å². The van der Waals surface area contributed by atoms with Gasteiger partial charge in [0.05, 0.1) is 6.61 Å². The topological polar surface area (TPSA) is 29.5 Å². The largest absolute Gasteiger partial charge is 0.494 e. The van der Waals surface area contributed by atoms with E-state index in [1.165, 1.54) is 6.07 Å². The van der Waals surface area contributed by atoms with E-state index in [4.69, 9.17) is 4.74 Å². The molecule has 1 atom stereocenters. The van der Waals surface area contributed by atoms with E-state index in [0.717, 1.165) is 11.3 Å². The monoisotopic (exact) mass is 272 g/mol. The van der Waals surface area contributed by atoms with Gasteiger partial charge in [-0.25, -0.2) is 4.39 Å². The van der Waals surface area contributed by atoms with Crippen LogP contribution in [0.5, 0.6) is 5.75 Å². The zero-order valence-electron chi connectivity index (χ0n) is 11.4. The highest BCUT2D eigenvalue weighted by Crippen LogP contribution is 2.43. The van der Waals surface area contributed by atoms with E-state index < -0.39 is 5.60 Å². The molecule has 1 aliphatic rings. The van der Waals surface area contributed by atoms with Crippen LogP contribution in [0, 0.1) is 5.82 Å². The van der Waals surface area contributed by atoms with Crippen molar-refractivity contribution in [3.8, 4) is 5.75 Å². The van der Waals surface area contributed by atoms with Crippen LogP contribution >= 0.6 is 0 Å². The maximum atomic E-state index is 13.8. The molecule has 2 aromatic carbocycles. The molecule has 0 aromatic heterocycles. The van der Waals surface area contributed by atoms with Crippen LogP contribution in [-0.2, 0) is 12.0 Å². The third-order valence-corrected chi connectivity index (χ3v) is 3.94. The fraction of sp³-hybridized carbons (Fsp3) is 0.294. The summed E-state index contributed by atoms with van der Waals surface area (Å²) in [5.74, 6) is 0.543. The summed E-state index contributed by atoms with van der Waals surface area (Å²) in [6.07, 6.45) is 1.07. The predicted octanol–water partition coefficient (Wildman–Crippen LogP) is 3.41. The van der Waals surface area contributed by atoms with Crippen LogP contribution < -0.4 is 4.74 Å². The number of aliphatic hydroxyl groups is 1. The Morgan fingerprint density at radius 2 is 1.95 bits per heavy atom. The Hall–Kier alpha value is -1.87. The Kier molecular flexibility index (Phi) is 3.22. The lowest BCUT2D eigenvalue weighted by molar-refractivity contribution is 0.0828. The van der Waals surface area contributed by atoms with Crippen LogP contribution in [-0.4, -0.2) is 11.7 Å². The number of hydrogen-bond acceptors (Lipinski definition) is 2. The molecule has 1 aliphatic carbocycles. The fourth-order valence-electron chi connectivity index (χ4n) is 2.93. The average Bonchev–Trinajstić information content (AvgIpc) is 2.81. The van der Waals surface area contributed by atoms with Gasteiger partial charge >= 0.3 is 0 Å². The summed E-state index contributed by atoms with van der Waals surface area (Å²) in [6.45, 7) is 2.54. The van der Waals surface area contributed by atoms with Crippen molar-refractivity contribution in [3.05, 3.63) is 65.0 Å². The molecule has 0 heterocycles. The van der Waals surface area contributed by atoms with E-state index in [9.17, 15) is 9.50 Å². The minimum atomic E-state index is -1.10. The number of benzene rings is 2. The van der Waals surface area contributed by atoms with Crippen LogP contribution in [0.25, 0.3) is 0 Å². The van der Waals surface area contributed by atoms with E-state index in [1.54, 1.807) is 6.07 Å². The highest BCUT2D eigenvalue weighted by Gasteiger charge is 2.39. The van der Waals surface area contributed by atoms with Crippen LogP contribution in [0.4, 0.5) is 4.39 Å². The van der Waals surface area contributed by atoms with Gasteiger partial charge in [0.15, 0.2) is 0 Å². The predicted molar refractivity (Wildman–Crippen MR) is 75.3 cm³/mol. The number of hydrogen-bond donors (Lipinski definition) is 1.